The Bertz CT molecular complexity index is 594. The molecule has 0 aliphatic heterocycles. The van der Waals surface area contributed by atoms with Gasteiger partial charge in [0.2, 0.25) is 5.76 Å². The van der Waals surface area contributed by atoms with Crippen molar-refractivity contribution in [2.24, 2.45) is 0 Å². The van der Waals surface area contributed by atoms with Gasteiger partial charge in [-0.1, -0.05) is 17.8 Å². The van der Waals surface area contributed by atoms with E-state index in [-0.39, 0.29) is 5.76 Å². The van der Waals surface area contributed by atoms with Crippen LogP contribution in [0.1, 0.15) is 16.1 Å². The molecule has 0 aliphatic carbocycles. The lowest BCUT2D eigenvalue weighted by Gasteiger charge is -2.05. The maximum absolute atomic E-state index is 10.7. The first-order valence-corrected chi connectivity index (χ1v) is 7.16. The number of hydrogen-bond acceptors (Lipinski definition) is 4. The molecule has 19 heavy (non-hydrogen) atoms. The van der Waals surface area contributed by atoms with Gasteiger partial charge in [0.05, 0.1) is 11.6 Å². The van der Waals surface area contributed by atoms with Crippen molar-refractivity contribution in [3.8, 4) is 5.75 Å². The van der Waals surface area contributed by atoms with Crippen LogP contribution in [-0.2, 0) is 5.75 Å². The highest BCUT2D eigenvalue weighted by molar-refractivity contribution is 9.10. The van der Waals surface area contributed by atoms with E-state index in [0.29, 0.717) is 10.8 Å². The van der Waals surface area contributed by atoms with Crippen LogP contribution in [0, 0.1) is 0 Å². The Morgan fingerprint density at radius 1 is 1.42 bits per heavy atom. The summed E-state index contributed by atoms with van der Waals surface area (Å²) in [6.45, 7) is 0. The summed E-state index contributed by atoms with van der Waals surface area (Å²) in [5.41, 5.74) is 1.09. The number of furan rings is 1. The second-order valence-electron chi connectivity index (χ2n) is 3.68. The third-order valence-corrected chi connectivity index (χ3v) is 3.99. The van der Waals surface area contributed by atoms with Crippen molar-refractivity contribution in [1.82, 2.24) is 0 Å². The summed E-state index contributed by atoms with van der Waals surface area (Å²) >= 11 is 4.86. The molecule has 0 unspecified atom stereocenters. The van der Waals surface area contributed by atoms with E-state index in [1.54, 1.807) is 13.2 Å². The third kappa shape index (κ3) is 3.54. The van der Waals surface area contributed by atoms with Crippen LogP contribution in [0.3, 0.4) is 0 Å². The lowest BCUT2D eigenvalue weighted by atomic mass is 10.2. The number of hydrogen-bond donors (Lipinski definition) is 1. The van der Waals surface area contributed by atoms with E-state index in [1.807, 2.05) is 18.2 Å². The van der Waals surface area contributed by atoms with Gasteiger partial charge in [0.1, 0.15) is 5.75 Å². The minimum atomic E-state index is -1.06. The minimum Gasteiger partial charge on any atom is -0.496 e. The maximum atomic E-state index is 10.7. The molecule has 0 aliphatic rings. The molecule has 1 N–H and O–H groups in total. The fraction of sp³-hybridized carbons (Fsp3) is 0.154. The normalized spacial score (nSPS) is 10.4. The zero-order chi connectivity index (χ0) is 13.8. The second-order valence-corrected chi connectivity index (χ2v) is 5.52. The Kier molecular flexibility index (Phi) is 4.55. The van der Waals surface area contributed by atoms with Gasteiger partial charge in [0.15, 0.2) is 5.09 Å². The Labute approximate surface area is 122 Å². The van der Waals surface area contributed by atoms with Gasteiger partial charge in [0, 0.05) is 5.75 Å². The van der Waals surface area contributed by atoms with Crippen LogP contribution >= 0.6 is 27.7 Å². The van der Waals surface area contributed by atoms with Crippen LogP contribution in [0.15, 0.2) is 44.3 Å². The smallest absolute Gasteiger partial charge is 0.371 e. The molecule has 0 spiro atoms. The zero-order valence-corrected chi connectivity index (χ0v) is 12.5. The lowest BCUT2D eigenvalue weighted by Crippen LogP contribution is -1.91. The van der Waals surface area contributed by atoms with E-state index in [9.17, 15) is 4.79 Å². The molecule has 0 amide bonds. The van der Waals surface area contributed by atoms with Gasteiger partial charge >= 0.3 is 5.97 Å². The highest BCUT2D eigenvalue weighted by atomic mass is 79.9. The van der Waals surface area contributed by atoms with Crippen molar-refractivity contribution >= 4 is 33.7 Å². The number of carboxylic acids is 1. The van der Waals surface area contributed by atoms with Crippen LogP contribution < -0.4 is 4.74 Å². The topological polar surface area (TPSA) is 59.7 Å². The van der Waals surface area contributed by atoms with Gasteiger partial charge in [-0.25, -0.2) is 4.79 Å². The summed E-state index contributed by atoms with van der Waals surface area (Å²) in [4.78, 5) is 10.7. The van der Waals surface area contributed by atoms with Crippen molar-refractivity contribution in [1.29, 1.82) is 0 Å². The third-order valence-electron chi connectivity index (χ3n) is 2.39. The second kappa shape index (κ2) is 6.16. The standard InChI is InChI=1S/C13H11BrO4S/c1-17-10-3-2-8(6-9(10)14)7-19-12-5-4-11(18-12)13(15)16/h2-6H,7H2,1H3,(H,15,16). The van der Waals surface area contributed by atoms with Crippen molar-refractivity contribution in [2.75, 3.05) is 7.11 Å². The molecule has 100 valence electrons. The summed E-state index contributed by atoms with van der Waals surface area (Å²) in [5, 5.41) is 9.34. The summed E-state index contributed by atoms with van der Waals surface area (Å²) in [6, 6.07) is 8.91. The number of carbonyl (C=O) groups is 1. The Hall–Kier alpha value is -1.40. The fourth-order valence-corrected chi connectivity index (χ4v) is 2.86. The first kappa shape index (κ1) is 14.0. The molecule has 2 aromatic rings. The van der Waals surface area contributed by atoms with Crippen LogP contribution in [0.4, 0.5) is 0 Å². The van der Waals surface area contributed by atoms with Gasteiger partial charge in [0.25, 0.3) is 0 Å². The lowest BCUT2D eigenvalue weighted by molar-refractivity contribution is 0.0656. The molecule has 4 nitrogen and oxygen atoms in total. The van der Waals surface area contributed by atoms with E-state index in [1.165, 1.54) is 17.8 Å². The molecule has 0 bridgehead atoms. The van der Waals surface area contributed by atoms with Crippen molar-refractivity contribution in [3.63, 3.8) is 0 Å². The van der Waals surface area contributed by atoms with Gasteiger partial charge in [-0.2, -0.15) is 0 Å². The average molecular weight is 343 g/mol. The fourth-order valence-electron chi connectivity index (χ4n) is 1.47. The average Bonchev–Trinajstić information content (AvgIpc) is 2.85. The Morgan fingerprint density at radius 3 is 2.79 bits per heavy atom. The van der Waals surface area contributed by atoms with Crippen LogP contribution in [0.25, 0.3) is 0 Å². The van der Waals surface area contributed by atoms with Crippen molar-refractivity contribution in [2.45, 2.75) is 10.8 Å². The number of carboxylic acid groups (broad SMARTS) is 1. The van der Waals surface area contributed by atoms with Crippen LogP contribution in [0.2, 0.25) is 0 Å². The summed E-state index contributed by atoms with van der Waals surface area (Å²) in [6.07, 6.45) is 0. The van der Waals surface area contributed by atoms with E-state index in [4.69, 9.17) is 14.3 Å². The number of aromatic carboxylic acids is 1. The van der Waals surface area contributed by atoms with E-state index in [2.05, 4.69) is 15.9 Å². The molecule has 0 fully saturated rings. The van der Waals surface area contributed by atoms with Crippen molar-refractivity contribution in [3.05, 3.63) is 46.1 Å². The highest BCUT2D eigenvalue weighted by Crippen LogP contribution is 2.30. The summed E-state index contributed by atoms with van der Waals surface area (Å²) in [5.74, 6) is 0.368. The Morgan fingerprint density at radius 2 is 2.21 bits per heavy atom. The summed E-state index contributed by atoms with van der Waals surface area (Å²) < 4.78 is 11.2. The molecule has 0 saturated carbocycles. The van der Waals surface area contributed by atoms with E-state index >= 15 is 0 Å². The molecular weight excluding hydrogens is 332 g/mol. The quantitative estimate of drug-likeness (QED) is 0.831. The molecule has 0 atom stereocenters. The number of thioether (sulfide) groups is 1. The number of benzene rings is 1. The van der Waals surface area contributed by atoms with Crippen LogP contribution in [-0.4, -0.2) is 18.2 Å². The number of methoxy groups -OCH3 is 1. The van der Waals surface area contributed by atoms with E-state index in [0.717, 1.165) is 15.8 Å². The first-order valence-electron chi connectivity index (χ1n) is 5.38. The largest absolute Gasteiger partial charge is 0.496 e. The minimum absolute atomic E-state index is 0.0431. The van der Waals surface area contributed by atoms with Gasteiger partial charge in [-0.3, -0.25) is 0 Å². The van der Waals surface area contributed by atoms with Crippen LogP contribution in [0.5, 0.6) is 5.75 Å². The molecule has 1 aromatic heterocycles. The molecular formula is C13H11BrO4S. The summed E-state index contributed by atoms with van der Waals surface area (Å²) in [7, 11) is 1.62. The zero-order valence-electron chi connectivity index (χ0n) is 10.1. The number of rotatable bonds is 5. The monoisotopic (exact) mass is 342 g/mol. The number of halogens is 1. The SMILES string of the molecule is COc1ccc(CSc2ccc(C(=O)O)o2)cc1Br. The van der Waals surface area contributed by atoms with Gasteiger partial charge in [-0.05, 0) is 45.8 Å². The predicted molar refractivity (Wildman–Crippen MR) is 75.9 cm³/mol. The molecule has 0 radical (unpaired) electrons. The van der Waals surface area contributed by atoms with Gasteiger partial charge in [-0.15, -0.1) is 0 Å². The number of ether oxygens (including phenoxy) is 1. The van der Waals surface area contributed by atoms with E-state index < -0.39 is 5.97 Å². The highest BCUT2D eigenvalue weighted by Gasteiger charge is 2.09. The van der Waals surface area contributed by atoms with Crippen molar-refractivity contribution < 1.29 is 19.1 Å². The predicted octanol–water partition coefficient (Wildman–Crippen LogP) is 4.04. The Balaban J connectivity index is 2.01. The maximum Gasteiger partial charge on any atom is 0.371 e. The molecule has 0 saturated heterocycles. The van der Waals surface area contributed by atoms with Gasteiger partial charge < -0.3 is 14.3 Å². The first-order chi connectivity index (χ1) is 9.10. The molecule has 6 heteroatoms. The molecule has 1 aromatic carbocycles. The molecule has 2 rings (SSSR count). The molecule has 1 heterocycles.